The number of carbonyl (C=O) groups is 1. The van der Waals surface area contributed by atoms with Gasteiger partial charge in [-0.05, 0) is 53.9 Å². The summed E-state index contributed by atoms with van der Waals surface area (Å²) in [6, 6.07) is 10.7. The number of aromatic nitrogens is 1. The summed E-state index contributed by atoms with van der Waals surface area (Å²) in [5, 5.41) is 12.1. The van der Waals surface area contributed by atoms with Crippen LogP contribution in [-0.2, 0) is 13.6 Å². The Morgan fingerprint density at radius 2 is 1.78 bits per heavy atom. The van der Waals surface area contributed by atoms with Gasteiger partial charge < -0.3 is 9.88 Å². The molecule has 1 aliphatic rings. The van der Waals surface area contributed by atoms with Gasteiger partial charge >= 0.3 is 0 Å². The van der Waals surface area contributed by atoms with Gasteiger partial charge in [-0.25, -0.2) is 8.78 Å². The van der Waals surface area contributed by atoms with Gasteiger partial charge in [-0.3, -0.25) is 4.79 Å². The Balaban J connectivity index is 2.05. The first kappa shape index (κ1) is 17.0. The average Bonchev–Trinajstić information content (AvgIpc) is 3.14. The van der Waals surface area contributed by atoms with E-state index in [4.69, 9.17) is 0 Å². The predicted molar refractivity (Wildman–Crippen MR) is 96.8 cm³/mol. The molecule has 0 radical (unpaired) electrons. The Hall–Kier alpha value is -3.46. The number of benzene rings is 2. The lowest BCUT2D eigenvalue weighted by Crippen LogP contribution is -2.12. The topological polar surface area (TPSA) is 57.8 Å². The van der Waals surface area contributed by atoms with Crippen LogP contribution in [-0.4, -0.2) is 10.5 Å². The van der Waals surface area contributed by atoms with Crippen LogP contribution < -0.4 is 5.32 Å². The molecule has 0 bridgehead atoms. The highest BCUT2D eigenvalue weighted by molar-refractivity contribution is 6.01. The molecule has 0 unspecified atom stereocenters. The first-order chi connectivity index (χ1) is 12.9. The third kappa shape index (κ3) is 2.59. The Kier molecular flexibility index (Phi) is 3.81. The first-order valence-corrected chi connectivity index (χ1v) is 8.38. The molecule has 2 heterocycles. The van der Waals surface area contributed by atoms with Crippen molar-refractivity contribution in [1.82, 2.24) is 9.88 Å². The van der Waals surface area contributed by atoms with E-state index in [-0.39, 0.29) is 11.5 Å². The van der Waals surface area contributed by atoms with Crippen LogP contribution >= 0.6 is 0 Å². The van der Waals surface area contributed by atoms with Crippen LogP contribution in [0.1, 0.15) is 27.3 Å². The van der Waals surface area contributed by atoms with E-state index in [0.29, 0.717) is 28.9 Å². The van der Waals surface area contributed by atoms with Crippen LogP contribution in [0, 0.1) is 29.9 Å². The Labute approximate surface area is 154 Å². The van der Waals surface area contributed by atoms with Gasteiger partial charge in [0.2, 0.25) is 0 Å². The number of carbonyl (C=O) groups excluding carboxylic acids is 1. The van der Waals surface area contributed by atoms with E-state index < -0.39 is 11.6 Å². The lowest BCUT2D eigenvalue weighted by molar-refractivity contribution is 0.0966. The van der Waals surface area contributed by atoms with Crippen molar-refractivity contribution < 1.29 is 13.6 Å². The number of nitrogens with zero attached hydrogens (tertiary/aromatic N) is 2. The number of nitriles is 1. The molecule has 0 spiro atoms. The fourth-order valence-electron chi connectivity index (χ4n) is 3.51. The average molecular weight is 363 g/mol. The molecule has 0 saturated carbocycles. The van der Waals surface area contributed by atoms with E-state index in [2.05, 4.69) is 11.4 Å². The molecule has 1 aromatic heterocycles. The minimum absolute atomic E-state index is 0.204. The fourth-order valence-corrected chi connectivity index (χ4v) is 3.51. The summed E-state index contributed by atoms with van der Waals surface area (Å²) >= 11 is 0. The molecule has 2 aromatic carbocycles. The maximum atomic E-state index is 14.5. The molecule has 3 aromatic rings. The van der Waals surface area contributed by atoms with Crippen LogP contribution in [0.4, 0.5) is 8.78 Å². The molecule has 134 valence electrons. The molecule has 0 saturated heterocycles. The zero-order valence-corrected chi connectivity index (χ0v) is 14.7. The third-order valence-electron chi connectivity index (χ3n) is 5.09. The van der Waals surface area contributed by atoms with Crippen molar-refractivity contribution in [2.24, 2.45) is 7.05 Å². The van der Waals surface area contributed by atoms with E-state index in [0.717, 1.165) is 22.9 Å². The number of hydrogen-bond acceptors (Lipinski definition) is 2. The molecule has 4 rings (SSSR count). The molecular weight excluding hydrogens is 348 g/mol. The molecule has 0 atom stereocenters. The summed E-state index contributed by atoms with van der Waals surface area (Å²) in [6.45, 7) is 2.27. The number of amides is 1. The molecule has 27 heavy (non-hydrogen) atoms. The molecular formula is C21H15F2N3O. The van der Waals surface area contributed by atoms with E-state index in [1.54, 1.807) is 23.7 Å². The van der Waals surface area contributed by atoms with Gasteiger partial charge in [-0.2, -0.15) is 5.26 Å². The van der Waals surface area contributed by atoms with Gasteiger partial charge in [0, 0.05) is 42.0 Å². The second-order valence-corrected chi connectivity index (χ2v) is 6.56. The molecule has 0 aliphatic carbocycles. The van der Waals surface area contributed by atoms with Crippen LogP contribution in [0.15, 0.2) is 36.4 Å². The maximum absolute atomic E-state index is 14.5. The van der Waals surface area contributed by atoms with Crippen molar-refractivity contribution in [1.29, 1.82) is 5.26 Å². The SMILES string of the molecule is Cc1c(-c2cc3c(cc2-c2ccc(F)cc2F)C(=O)NC3)cc(C#N)n1C. The maximum Gasteiger partial charge on any atom is 0.251 e. The van der Waals surface area contributed by atoms with Gasteiger partial charge in [0.05, 0.1) is 0 Å². The zero-order valence-electron chi connectivity index (χ0n) is 14.7. The molecule has 1 N–H and O–H groups in total. The van der Waals surface area contributed by atoms with Crippen molar-refractivity contribution in [3.8, 4) is 28.3 Å². The van der Waals surface area contributed by atoms with Crippen LogP contribution in [0.3, 0.4) is 0 Å². The molecule has 1 aliphatic heterocycles. The molecule has 4 nitrogen and oxygen atoms in total. The second-order valence-electron chi connectivity index (χ2n) is 6.56. The summed E-state index contributed by atoms with van der Waals surface area (Å²) in [6.07, 6.45) is 0. The first-order valence-electron chi connectivity index (χ1n) is 8.38. The standard InChI is InChI=1S/C21H15F2N3O/c1-11-16(7-14(9-24)26(11)2)18-5-12-10-25-21(27)17(12)8-19(18)15-4-3-13(22)6-20(15)23/h3-8H,10H2,1-2H3,(H,25,27). The number of hydrogen-bond donors (Lipinski definition) is 1. The summed E-state index contributed by atoms with van der Waals surface area (Å²) in [5.74, 6) is -1.59. The highest BCUT2D eigenvalue weighted by atomic mass is 19.1. The third-order valence-corrected chi connectivity index (χ3v) is 5.09. The fraction of sp³-hybridized carbons (Fsp3) is 0.143. The van der Waals surface area contributed by atoms with E-state index in [1.165, 1.54) is 12.1 Å². The highest BCUT2D eigenvalue weighted by Crippen LogP contribution is 2.39. The van der Waals surface area contributed by atoms with Crippen LogP contribution in [0.5, 0.6) is 0 Å². The van der Waals surface area contributed by atoms with Gasteiger partial charge in [0.15, 0.2) is 0 Å². The largest absolute Gasteiger partial charge is 0.348 e. The van der Waals surface area contributed by atoms with Crippen molar-refractivity contribution in [3.63, 3.8) is 0 Å². The Bertz CT molecular complexity index is 1160. The van der Waals surface area contributed by atoms with E-state index >= 15 is 0 Å². The van der Waals surface area contributed by atoms with Gasteiger partial charge in [0.1, 0.15) is 23.4 Å². The summed E-state index contributed by atoms with van der Waals surface area (Å²) in [4.78, 5) is 12.1. The van der Waals surface area contributed by atoms with Gasteiger partial charge in [-0.15, -0.1) is 0 Å². The van der Waals surface area contributed by atoms with Crippen molar-refractivity contribution in [2.75, 3.05) is 0 Å². The van der Waals surface area contributed by atoms with E-state index in [1.807, 2.05) is 13.0 Å². The molecule has 1 amide bonds. The van der Waals surface area contributed by atoms with Crippen molar-refractivity contribution in [3.05, 3.63) is 70.5 Å². The van der Waals surface area contributed by atoms with Crippen molar-refractivity contribution >= 4 is 5.91 Å². The lowest BCUT2D eigenvalue weighted by atomic mass is 9.90. The molecule has 0 fully saturated rings. The van der Waals surface area contributed by atoms with Crippen LogP contribution in [0.2, 0.25) is 0 Å². The minimum atomic E-state index is -0.705. The number of nitrogens with one attached hydrogen (secondary N) is 1. The molecule has 6 heteroatoms. The number of rotatable bonds is 2. The van der Waals surface area contributed by atoms with Gasteiger partial charge in [-0.1, -0.05) is 0 Å². The minimum Gasteiger partial charge on any atom is -0.348 e. The monoisotopic (exact) mass is 363 g/mol. The van der Waals surface area contributed by atoms with Crippen LogP contribution in [0.25, 0.3) is 22.3 Å². The number of halogens is 2. The smallest absolute Gasteiger partial charge is 0.251 e. The summed E-state index contributed by atoms with van der Waals surface area (Å²) in [7, 11) is 1.79. The normalized spacial score (nSPS) is 12.6. The lowest BCUT2D eigenvalue weighted by Gasteiger charge is -2.13. The second kappa shape index (κ2) is 6.06. The number of fused-ring (bicyclic) bond motifs is 1. The van der Waals surface area contributed by atoms with Crippen molar-refractivity contribution in [2.45, 2.75) is 13.5 Å². The summed E-state index contributed by atoms with van der Waals surface area (Å²) < 4.78 is 29.7. The highest BCUT2D eigenvalue weighted by Gasteiger charge is 2.25. The Morgan fingerprint density at radius 3 is 2.44 bits per heavy atom. The predicted octanol–water partition coefficient (Wildman–Crippen LogP) is 4.06. The van der Waals surface area contributed by atoms with E-state index in [9.17, 15) is 18.8 Å². The Morgan fingerprint density at radius 1 is 1.04 bits per heavy atom. The zero-order chi connectivity index (χ0) is 19.3. The summed E-state index contributed by atoms with van der Waals surface area (Å²) in [5.41, 5.74) is 4.77. The van der Waals surface area contributed by atoms with Gasteiger partial charge in [0.25, 0.3) is 5.91 Å². The quantitative estimate of drug-likeness (QED) is 0.746.